The summed E-state index contributed by atoms with van der Waals surface area (Å²) < 4.78 is 21.2. The van der Waals surface area contributed by atoms with Crippen LogP contribution in [0.25, 0.3) is 11.0 Å². The number of halogens is 2. The van der Waals surface area contributed by atoms with E-state index in [0.29, 0.717) is 33.7 Å². The van der Waals surface area contributed by atoms with Gasteiger partial charge in [0.1, 0.15) is 17.2 Å². The predicted octanol–water partition coefficient (Wildman–Crippen LogP) is 1.65. The molecule has 4 atom stereocenters. The molecule has 1 saturated carbocycles. The second kappa shape index (κ2) is 11.5. The lowest BCUT2D eigenvalue weighted by atomic mass is 9.64. The summed E-state index contributed by atoms with van der Waals surface area (Å²) in [5, 5.41) is 10.2. The summed E-state index contributed by atoms with van der Waals surface area (Å²) in [6.07, 6.45) is 1.36. The Morgan fingerprint density at radius 1 is 0.920 bits per heavy atom. The van der Waals surface area contributed by atoms with Gasteiger partial charge in [-0.2, -0.15) is 0 Å². The van der Waals surface area contributed by atoms with E-state index >= 15 is 0 Å². The number of imide groups is 1. The van der Waals surface area contributed by atoms with Crippen LogP contribution in [-0.2, 0) is 36.1 Å². The van der Waals surface area contributed by atoms with Crippen LogP contribution >= 0.6 is 23.2 Å². The first kappa shape index (κ1) is 33.5. The number of rotatable bonds is 7. The highest BCUT2D eigenvalue weighted by Crippen LogP contribution is 2.64. The van der Waals surface area contributed by atoms with Crippen LogP contribution in [0.5, 0.6) is 23.0 Å². The summed E-state index contributed by atoms with van der Waals surface area (Å²) in [6.45, 7) is -0.254. The largest absolute Gasteiger partial charge is 0.508 e. The molecule has 2 aromatic heterocycles. The van der Waals surface area contributed by atoms with Gasteiger partial charge < -0.3 is 23.9 Å². The summed E-state index contributed by atoms with van der Waals surface area (Å²) in [7, 11) is 7.21. The number of benzene rings is 2. The van der Waals surface area contributed by atoms with Crippen LogP contribution in [0.4, 0.5) is 0 Å². The van der Waals surface area contributed by atoms with Crippen molar-refractivity contribution in [3.05, 3.63) is 84.6 Å². The van der Waals surface area contributed by atoms with Gasteiger partial charge >= 0.3 is 11.4 Å². The number of hydrogen-bond donors (Lipinski definition) is 1. The second-order valence-electron chi connectivity index (χ2n) is 12.5. The lowest BCUT2D eigenvalue weighted by molar-refractivity contribution is -0.137. The van der Waals surface area contributed by atoms with E-state index in [-0.39, 0.29) is 43.1 Å². The topological polar surface area (TPSA) is 169 Å². The maximum Gasteiger partial charge on any atom is 0.347 e. The van der Waals surface area contributed by atoms with Crippen LogP contribution in [0.3, 0.4) is 0 Å². The molecular weight excluding hydrogens is 695 g/mol. The van der Waals surface area contributed by atoms with Gasteiger partial charge in [0.15, 0.2) is 21.2 Å². The van der Waals surface area contributed by atoms with E-state index in [4.69, 9.17) is 37.4 Å². The predicted molar refractivity (Wildman–Crippen MR) is 181 cm³/mol. The van der Waals surface area contributed by atoms with Gasteiger partial charge in [-0.15, -0.1) is 23.2 Å². The van der Waals surface area contributed by atoms with Crippen LogP contribution in [0.1, 0.15) is 29.6 Å². The van der Waals surface area contributed by atoms with Crippen molar-refractivity contribution in [3.8, 4) is 23.0 Å². The molecule has 17 heteroatoms. The quantitative estimate of drug-likeness (QED) is 0.168. The fraction of sp³-hybridized carbons (Fsp3) is 0.394. The van der Waals surface area contributed by atoms with Crippen molar-refractivity contribution in [3.63, 3.8) is 0 Å². The number of aryl methyl sites for hydroxylation is 2. The average Bonchev–Trinajstić information content (AvgIpc) is 3.42. The number of aromatic hydroxyl groups is 1. The number of likely N-dealkylation sites (tertiary alicyclic amines) is 1. The third-order valence-corrected chi connectivity index (χ3v) is 11.5. The van der Waals surface area contributed by atoms with Crippen LogP contribution in [-0.4, -0.2) is 83.4 Å². The number of methoxy groups -OCH3 is 3. The molecule has 2 aliphatic heterocycles. The van der Waals surface area contributed by atoms with Crippen molar-refractivity contribution in [1.82, 2.24) is 28.4 Å². The number of fused-ring (bicyclic) bond motifs is 5. The number of phenols is 1. The van der Waals surface area contributed by atoms with Gasteiger partial charge in [0.05, 0.1) is 44.9 Å². The molecule has 262 valence electrons. The second-order valence-corrected chi connectivity index (χ2v) is 13.7. The van der Waals surface area contributed by atoms with Gasteiger partial charge in [-0.05, 0) is 11.6 Å². The fourth-order valence-electron chi connectivity index (χ4n) is 7.62. The number of carbonyl (C=O) groups excluding carboxylic acids is 2. The Bertz CT molecular complexity index is 2360. The van der Waals surface area contributed by atoms with Crippen LogP contribution in [0.2, 0.25) is 0 Å². The fourth-order valence-corrected chi connectivity index (χ4v) is 8.61. The number of ether oxygens (including phenoxy) is 3. The van der Waals surface area contributed by atoms with Crippen molar-refractivity contribution in [2.75, 3.05) is 28.4 Å². The Labute approximate surface area is 293 Å². The van der Waals surface area contributed by atoms with E-state index < -0.39 is 50.5 Å². The number of aromatic nitrogens is 5. The summed E-state index contributed by atoms with van der Waals surface area (Å²) >= 11 is 14.4. The van der Waals surface area contributed by atoms with E-state index in [9.17, 15) is 29.1 Å². The normalized spacial score (nSPS) is 24.1. The highest BCUT2D eigenvalue weighted by molar-refractivity contribution is 6.53. The van der Waals surface area contributed by atoms with E-state index in [2.05, 4.69) is 4.98 Å². The zero-order chi connectivity index (χ0) is 36.0. The molecule has 50 heavy (non-hydrogen) atoms. The number of alkyl halides is 2. The van der Waals surface area contributed by atoms with Crippen molar-refractivity contribution in [1.29, 1.82) is 0 Å². The number of allylic oxidation sites excluding steroid dienone is 2. The number of carbonyl (C=O) groups is 2. The van der Waals surface area contributed by atoms with Crippen molar-refractivity contribution >= 4 is 46.0 Å². The molecule has 1 saturated heterocycles. The SMILES string of the molecule is COc1cc2nc(CCn3c(=O)n4n(c3=O)C3CC5(Cl)C(=O)N(C)C(=O)C5(Cl)C(c5ccc(O)cc5OC)C3=CC4)c(=O)n(C)c2cc1OC. The number of amides is 2. The molecule has 1 aliphatic carbocycles. The minimum atomic E-state index is -2.03. The molecule has 2 amide bonds. The zero-order valence-corrected chi connectivity index (χ0v) is 29.1. The Balaban J connectivity index is 1.32. The highest BCUT2D eigenvalue weighted by Gasteiger charge is 2.75. The number of phenolic OH excluding ortho intramolecular Hbond substituents is 1. The van der Waals surface area contributed by atoms with Crippen LogP contribution in [0, 0.1) is 0 Å². The third kappa shape index (κ3) is 4.35. The Kier molecular flexibility index (Phi) is 7.71. The minimum Gasteiger partial charge on any atom is -0.508 e. The van der Waals surface area contributed by atoms with E-state index in [1.165, 1.54) is 60.5 Å². The summed E-state index contributed by atoms with van der Waals surface area (Å²) in [6, 6.07) is 6.56. The van der Waals surface area contributed by atoms with Gasteiger partial charge in [-0.25, -0.2) is 28.5 Å². The molecule has 1 N–H and O–H groups in total. The van der Waals surface area contributed by atoms with Crippen LogP contribution in [0.15, 0.2) is 56.4 Å². The minimum absolute atomic E-state index is 0.0591. The standard InChI is InChI=1S/C33H32Cl2N6O9/c1-37-21-14-25(50-5)24(49-4)13-20(21)36-19(27(37)43)9-10-39-30(46)40-11-8-17-22(41(40)31(39)47)15-32(34)28(44)38(2)29(45)33(32,35)26(17)18-7-6-16(42)12-23(18)48-3/h6-8,12-14,22,26,42H,9-11,15H2,1-5H3. The molecule has 4 heterocycles. The molecule has 0 bridgehead atoms. The molecule has 3 aliphatic rings. The summed E-state index contributed by atoms with van der Waals surface area (Å²) in [4.78, 5) is 70.1. The highest BCUT2D eigenvalue weighted by atomic mass is 35.5. The molecule has 15 nitrogen and oxygen atoms in total. The van der Waals surface area contributed by atoms with Crippen LogP contribution < -0.4 is 31.1 Å². The first-order valence-electron chi connectivity index (χ1n) is 15.5. The number of hydrogen-bond acceptors (Lipinski definition) is 10. The summed E-state index contributed by atoms with van der Waals surface area (Å²) in [5.41, 5.74) is 0.125. The van der Waals surface area contributed by atoms with Gasteiger partial charge in [0.2, 0.25) is 0 Å². The molecule has 4 aromatic rings. The Morgan fingerprint density at radius 3 is 2.28 bits per heavy atom. The monoisotopic (exact) mass is 726 g/mol. The average molecular weight is 728 g/mol. The molecule has 4 unspecified atom stereocenters. The zero-order valence-electron chi connectivity index (χ0n) is 27.6. The summed E-state index contributed by atoms with van der Waals surface area (Å²) in [5.74, 6) is -1.68. The Morgan fingerprint density at radius 2 is 1.60 bits per heavy atom. The molecule has 2 aromatic carbocycles. The van der Waals surface area contributed by atoms with Crippen molar-refractivity contribution < 1.29 is 28.9 Å². The van der Waals surface area contributed by atoms with Crippen molar-refractivity contribution in [2.24, 2.45) is 7.05 Å². The molecule has 2 fully saturated rings. The first-order chi connectivity index (χ1) is 23.7. The molecular formula is C33H32Cl2N6O9. The smallest absolute Gasteiger partial charge is 0.347 e. The van der Waals surface area contributed by atoms with Gasteiger partial charge in [0.25, 0.3) is 17.4 Å². The lowest BCUT2D eigenvalue weighted by Gasteiger charge is -2.49. The maximum atomic E-state index is 14.2. The van der Waals surface area contributed by atoms with E-state index in [1.807, 2.05) is 0 Å². The molecule has 0 radical (unpaired) electrons. The number of nitrogens with zero attached hydrogens (tertiary/aromatic N) is 6. The van der Waals surface area contributed by atoms with Gasteiger partial charge in [-0.3, -0.25) is 19.3 Å². The lowest BCUT2D eigenvalue weighted by Crippen LogP contribution is -2.59. The van der Waals surface area contributed by atoms with E-state index in [0.717, 1.165) is 9.47 Å². The first-order valence-corrected chi connectivity index (χ1v) is 16.3. The molecule has 7 rings (SSSR count). The van der Waals surface area contributed by atoms with Gasteiger partial charge in [0, 0.05) is 63.2 Å². The van der Waals surface area contributed by atoms with E-state index in [1.54, 1.807) is 25.3 Å². The molecule has 0 spiro atoms. The van der Waals surface area contributed by atoms with Gasteiger partial charge in [-0.1, -0.05) is 12.1 Å². The van der Waals surface area contributed by atoms with Crippen molar-refractivity contribution in [2.45, 2.75) is 47.6 Å². The maximum absolute atomic E-state index is 14.2. The Hall–Kier alpha value is -5.02. The third-order valence-electron chi connectivity index (χ3n) is 10.1.